The minimum Gasteiger partial charge on any atom is -0.493 e. The van der Waals surface area contributed by atoms with Gasteiger partial charge in [0, 0.05) is 25.0 Å². The predicted molar refractivity (Wildman–Crippen MR) is 111 cm³/mol. The second-order valence-corrected chi connectivity index (χ2v) is 7.39. The number of methoxy groups -OCH3 is 1. The van der Waals surface area contributed by atoms with E-state index in [0.717, 1.165) is 11.1 Å². The zero-order chi connectivity index (χ0) is 21.0. The minimum atomic E-state index is -0.476. The van der Waals surface area contributed by atoms with E-state index < -0.39 is 5.92 Å². The van der Waals surface area contributed by atoms with Crippen molar-refractivity contribution >= 4 is 23.4 Å². The zero-order valence-corrected chi connectivity index (χ0v) is 17.5. The molecule has 2 unspecified atom stereocenters. The molecule has 0 bridgehead atoms. The van der Waals surface area contributed by atoms with Gasteiger partial charge in [-0.05, 0) is 42.3 Å². The van der Waals surface area contributed by atoms with Crippen molar-refractivity contribution in [1.29, 1.82) is 0 Å². The standard InChI is InChI=1S/C22H25ClN2O4/c1-4-29-18-9-8-14(10-19(18)28-3)13-24-22(27)17-12-20(26)25(2)21(17)15-6-5-7-16(23)11-15/h5-11,17,21H,4,12-13H2,1-3H3,(H,24,27). The molecular formula is C22H25ClN2O4. The summed E-state index contributed by atoms with van der Waals surface area (Å²) in [4.78, 5) is 26.8. The van der Waals surface area contributed by atoms with E-state index >= 15 is 0 Å². The van der Waals surface area contributed by atoms with Crippen LogP contribution in [0.4, 0.5) is 0 Å². The van der Waals surface area contributed by atoms with Crippen molar-refractivity contribution in [2.24, 2.45) is 5.92 Å². The number of nitrogens with one attached hydrogen (secondary N) is 1. The van der Waals surface area contributed by atoms with Crippen LogP contribution in [-0.4, -0.2) is 37.5 Å². The van der Waals surface area contributed by atoms with Crippen LogP contribution in [0.5, 0.6) is 11.5 Å². The topological polar surface area (TPSA) is 67.9 Å². The van der Waals surface area contributed by atoms with Gasteiger partial charge < -0.3 is 19.7 Å². The SMILES string of the molecule is CCOc1ccc(CNC(=O)C2CC(=O)N(C)C2c2cccc(Cl)c2)cc1OC. The highest BCUT2D eigenvalue weighted by molar-refractivity contribution is 6.30. The summed E-state index contributed by atoms with van der Waals surface area (Å²) in [6.07, 6.45) is 0.173. The van der Waals surface area contributed by atoms with Crippen molar-refractivity contribution in [3.63, 3.8) is 0 Å². The quantitative estimate of drug-likeness (QED) is 0.749. The van der Waals surface area contributed by atoms with E-state index in [9.17, 15) is 9.59 Å². The van der Waals surface area contributed by atoms with Crippen LogP contribution in [-0.2, 0) is 16.1 Å². The largest absolute Gasteiger partial charge is 0.493 e. The maximum Gasteiger partial charge on any atom is 0.226 e. The maximum absolute atomic E-state index is 12.9. The summed E-state index contributed by atoms with van der Waals surface area (Å²) in [5.74, 6) is 0.578. The lowest BCUT2D eigenvalue weighted by atomic mass is 9.93. The first-order valence-electron chi connectivity index (χ1n) is 9.53. The van der Waals surface area contributed by atoms with Gasteiger partial charge in [0.05, 0.1) is 25.7 Å². The number of carbonyl (C=O) groups is 2. The maximum atomic E-state index is 12.9. The van der Waals surface area contributed by atoms with Crippen molar-refractivity contribution < 1.29 is 19.1 Å². The fraction of sp³-hybridized carbons (Fsp3) is 0.364. The fourth-order valence-corrected chi connectivity index (χ4v) is 3.87. The summed E-state index contributed by atoms with van der Waals surface area (Å²) < 4.78 is 10.9. The first-order valence-corrected chi connectivity index (χ1v) is 9.91. The number of carbonyl (C=O) groups excluding carboxylic acids is 2. The average molecular weight is 417 g/mol. The number of likely N-dealkylation sites (tertiary alicyclic amines) is 1. The molecule has 154 valence electrons. The molecule has 1 aliphatic rings. The van der Waals surface area contributed by atoms with Gasteiger partial charge in [0.15, 0.2) is 11.5 Å². The Hall–Kier alpha value is -2.73. The summed E-state index contributed by atoms with van der Waals surface area (Å²) in [6, 6.07) is 12.5. The zero-order valence-electron chi connectivity index (χ0n) is 16.8. The Morgan fingerprint density at radius 3 is 2.72 bits per heavy atom. The number of rotatable bonds is 7. The molecule has 6 nitrogen and oxygen atoms in total. The van der Waals surface area contributed by atoms with E-state index in [-0.39, 0.29) is 24.3 Å². The van der Waals surface area contributed by atoms with E-state index in [0.29, 0.717) is 29.7 Å². The number of hydrogen-bond donors (Lipinski definition) is 1. The Bertz CT molecular complexity index is 902. The van der Waals surface area contributed by atoms with E-state index in [1.54, 1.807) is 31.2 Å². The van der Waals surface area contributed by atoms with E-state index in [1.165, 1.54) is 0 Å². The Kier molecular flexibility index (Phi) is 6.64. The van der Waals surface area contributed by atoms with Crippen LogP contribution in [0.1, 0.15) is 30.5 Å². The fourth-order valence-electron chi connectivity index (χ4n) is 3.67. The number of hydrogen-bond acceptors (Lipinski definition) is 4. The van der Waals surface area contributed by atoms with Gasteiger partial charge in [-0.3, -0.25) is 9.59 Å². The Morgan fingerprint density at radius 1 is 1.24 bits per heavy atom. The van der Waals surface area contributed by atoms with Crippen LogP contribution in [0, 0.1) is 5.92 Å². The molecule has 2 atom stereocenters. The first-order chi connectivity index (χ1) is 13.9. The molecule has 0 spiro atoms. The third-order valence-electron chi connectivity index (χ3n) is 5.11. The Morgan fingerprint density at radius 2 is 2.03 bits per heavy atom. The first kappa shape index (κ1) is 21.0. The van der Waals surface area contributed by atoms with Crippen molar-refractivity contribution in [3.05, 3.63) is 58.6 Å². The number of ether oxygens (including phenoxy) is 2. The smallest absolute Gasteiger partial charge is 0.226 e. The molecule has 7 heteroatoms. The van der Waals surface area contributed by atoms with Crippen molar-refractivity contribution in [2.75, 3.05) is 20.8 Å². The van der Waals surface area contributed by atoms with Gasteiger partial charge >= 0.3 is 0 Å². The normalized spacial score (nSPS) is 18.6. The average Bonchev–Trinajstić information content (AvgIpc) is 3.01. The Labute approximate surface area is 175 Å². The summed E-state index contributed by atoms with van der Waals surface area (Å²) in [5, 5.41) is 3.53. The van der Waals surface area contributed by atoms with Crippen LogP contribution in [0.2, 0.25) is 5.02 Å². The molecule has 2 aromatic rings. The van der Waals surface area contributed by atoms with Gasteiger partial charge in [0.25, 0.3) is 0 Å². The molecule has 0 aromatic heterocycles. The van der Waals surface area contributed by atoms with Gasteiger partial charge in [0.1, 0.15) is 0 Å². The lowest BCUT2D eigenvalue weighted by Gasteiger charge is -2.25. The number of amides is 2. The number of halogens is 1. The summed E-state index contributed by atoms with van der Waals surface area (Å²) in [5.41, 5.74) is 1.74. The monoisotopic (exact) mass is 416 g/mol. The van der Waals surface area contributed by atoms with Crippen LogP contribution in [0.15, 0.2) is 42.5 Å². The van der Waals surface area contributed by atoms with Crippen LogP contribution in [0.25, 0.3) is 0 Å². The van der Waals surface area contributed by atoms with Gasteiger partial charge in [-0.2, -0.15) is 0 Å². The third-order valence-corrected chi connectivity index (χ3v) is 5.34. The molecule has 0 saturated carbocycles. The summed E-state index contributed by atoms with van der Waals surface area (Å²) >= 11 is 6.11. The highest BCUT2D eigenvalue weighted by atomic mass is 35.5. The number of nitrogens with zero attached hydrogens (tertiary/aromatic N) is 1. The third kappa shape index (κ3) is 4.65. The predicted octanol–water partition coefficient (Wildman–Crippen LogP) is 3.58. The molecule has 0 aliphatic carbocycles. The molecule has 1 heterocycles. The van der Waals surface area contributed by atoms with Crippen molar-refractivity contribution in [1.82, 2.24) is 10.2 Å². The van der Waals surface area contributed by atoms with Gasteiger partial charge in [-0.1, -0.05) is 29.8 Å². The lowest BCUT2D eigenvalue weighted by Crippen LogP contribution is -2.34. The molecule has 0 radical (unpaired) electrons. The van der Waals surface area contributed by atoms with Crippen LogP contribution >= 0.6 is 11.6 Å². The van der Waals surface area contributed by atoms with Gasteiger partial charge in [0.2, 0.25) is 11.8 Å². The van der Waals surface area contributed by atoms with Crippen LogP contribution < -0.4 is 14.8 Å². The van der Waals surface area contributed by atoms with Gasteiger partial charge in [-0.15, -0.1) is 0 Å². The molecule has 1 N–H and O–H groups in total. The van der Waals surface area contributed by atoms with E-state index in [4.69, 9.17) is 21.1 Å². The van der Waals surface area contributed by atoms with Crippen molar-refractivity contribution in [2.45, 2.75) is 25.9 Å². The molecular weight excluding hydrogens is 392 g/mol. The highest BCUT2D eigenvalue weighted by Gasteiger charge is 2.42. The Balaban J connectivity index is 1.73. The molecule has 29 heavy (non-hydrogen) atoms. The van der Waals surface area contributed by atoms with Gasteiger partial charge in [-0.25, -0.2) is 0 Å². The molecule has 3 rings (SSSR count). The lowest BCUT2D eigenvalue weighted by molar-refractivity contribution is -0.128. The minimum absolute atomic E-state index is 0.0575. The molecule has 2 aromatic carbocycles. The second-order valence-electron chi connectivity index (χ2n) is 6.95. The van der Waals surface area contributed by atoms with Crippen LogP contribution in [0.3, 0.4) is 0 Å². The highest BCUT2D eigenvalue weighted by Crippen LogP contribution is 2.38. The molecule has 1 saturated heterocycles. The summed E-state index contributed by atoms with van der Waals surface area (Å²) in [6.45, 7) is 2.78. The molecule has 1 aliphatic heterocycles. The van der Waals surface area contributed by atoms with E-state index in [1.807, 2.05) is 37.3 Å². The molecule has 2 amide bonds. The summed E-state index contributed by atoms with van der Waals surface area (Å²) in [7, 11) is 3.30. The second kappa shape index (κ2) is 9.18. The number of benzene rings is 2. The molecule has 1 fully saturated rings. The van der Waals surface area contributed by atoms with Crippen molar-refractivity contribution in [3.8, 4) is 11.5 Å². The van der Waals surface area contributed by atoms with E-state index in [2.05, 4.69) is 5.32 Å².